The normalized spacial score (nSPS) is 13.4. The molecule has 32 heavy (non-hydrogen) atoms. The Morgan fingerprint density at radius 3 is 1.84 bits per heavy atom. The number of carbonyl (C=O) groups is 7. The Kier molecular flexibility index (Phi) is 11.0. The van der Waals surface area contributed by atoms with Gasteiger partial charge in [-0.3, -0.25) is 49.3 Å². The van der Waals surface area contributed by atoms with Crippen LogP contribution < -0.4 is 38.5 Å². The van der Waals surface area contributed by atoms with Crippen LogP contribution in [0.15, 0.2) is 12.2 Å². The van der Waals surface area contributed by atoms with Crippen molar-refractivity contribution >= 4 is 41.4 Å². The predicted octanol–water partition coefficient (Wildman–Crippen LogP) is -4.83. The van der Waals surface area contributed by atoms with Gasteiger partial charge in [0.05, 0.1) is 0 Å². The van der Waals surface area contributed by atoms with Crippen molar-refractivity contribution in [3.63, 3.8) is 0 Å². The van der Waals surface area contributed by atoms with E-state index in [0.29, 0.717) is 4.90 Å². The second-order valence-corrected chi connectivity index (χ2v) is 6.53. The molecule has 1 aliphatic rings. The minimum absolute atomic E-state index is 0.0193. The minimum Gasteiger partial charge on any atom is -0.356 e. The molecule has 0 spiro atoms. The van der Waals surface area contributed by atoms with Crippen molar-refractivity contribution in [2.24, 2.45) is 11.7 Å². The maximum atomic E-state index is 12.4. The van der Waals surface area contributed by atoms with Gasteiger partial charge < -0.3 is 16.0 Å². The van der Waals surface area contributed by atoms with E-state index in [-0.39, 0.29) is 38.8 Å². The SMILES string of the molecule is NNC(=O)CCNC(=O)CCC(NC(=O)CN1C(=O)C=CC1=O)C(=O)NCCC(=O)NN. The molecule has 0 aromatic rings. The third-order valence-electron chi connectivity index (χ3n) is 4.16. The molecule has 15 heteroatoms. The van der Waals surface area contributed by atoms with E-state index < -0.39 is 53.9 Å². The van der Waals surface area contributed by atoms with Crippen LogP contribution in [0.5, 0.6) is 0 Å². The maximum Gasteiger partial charge on any atom is 0.254 e. The minimum atomic E-state index is -1.19. The smallest absolute Gasteiger partial charge is 0.254 e. The van der Waals surface area contributed by atoms with Gasteiger partial charge in [-0.25, -0.2) is 11.7 Å². The number of nitrogens with one attached hydrogen (secondary N) is 5. The molecule has 9 N–H and O–H groups in total. The predicted molar refractivity (Wildman–Crippen MR) is 107 cm³/mol. The molecule has 1 heterocycles. The van der Waals surface area contributed by atoms with Crippen molar-refractivity contribution in [2.75, 3.05) is 19.6 Å². The van der Waals surface area contributed by atoms with Crippen LogP contribution in [0.3, 0.4) is 0 Å². The largest absolute Gasteiger partial charge is 0.356 e. The third-order valence-corrected chi connectivity index (χ3v) is 4.16. The van der Waals surface area contributed by atoms with Gasteiger partial charge in [0.2, 0.25) is 29.5 Å². The highest BCUT2D eigenvalue weighted by molar-refractivity contribution is 6.14. The van der Waals surface area contributed by atoms with Crippen LogP contribution in [-0.4, -0.2) is 71.9 Å². The zero-order valence-electron chi connectivity index (χ0n) is 17.1. The molecule has 15 nitrogen and oxygen atoms in total. The summed E-state index contributed by atoms with van der Waals surface area (Å²) in [5.41, 5.74) is 3.81. The molecule has 0 saturated heterocycles. The highest BCUT2D eigenvalue weighted by Crippen LogP contribution is 2.04. The molecule has 1 atom stereocenters. The van der Waals surface area contributed by atoms with Crippen molar-refractivity contribution in [3.8, 4) is 0 Å². The molecule has 0 fully saturated rings. The standard InChI is InChI=1S/C17H26N8O7/c18-23-12(27)5-7-20-11(26)2-1-10(17(32)21-8-6-13(28)24-19)22-14(29)9-25-15(30)3-4-16(25)31/h3-4,10H,1-2,5-9,18-19H2,(H,20,26)(H,21,32)(H,22,29)(H,23,27)(H,24,28). The molecule has 0 bridgehead atoms. The van der Waals surface area contributed by atoms with Crippen LogP contribution in [0.4, 0.5) is 0 Å². The van der Waals surface area contributed by atoms with Crippen LogP contribution >= 0.6 is 0 Å². The van der Waals surface area contributed by atoms with Crippen LogP contribution in [0.2, 0.25) is 0 Å². The number of nitrogens with zero attached hydrogens (tertiary/aromatic N) is 1. The number of rotatable bonds is 13. The number of amides is 7. The average Bonchev–Trinajstić information content (AvgIpc) is 3.07. The molecule has 0 radical (unpaired) electrons. The Labute approximate surface area is 182 Å². The maximum absolute atomic E-state index is 12.4. The Bertz CT molecular complexity index is 780. The fourth-order valence-corrected chi connectivity index (χ4v) is 2.49. The summed E-state index contributed by atoms with van der Waals surface area (Å²) >= 11 is 0. The van der Waals surface area contributed by atoms with Crippen molar-refractivity contribution in [1.82, 2.24) is 31.7 Å². The van der Waals surface area contributed by atoms with E-state index in [9.17, 15) is 33.6 Å². The molecule has 1 unspecified atom stereocenters. The molecule has 0 saturated carbocycles. The van der Waals surface area contributed by atoms with E-state index in [2.05, 4.69) is 16.0 Å². The fraction of sp³-hybridized carbons (Fsp3) is 0.471. The van der Waals surface area contributed by atoms with Crippen LogP contribution in [0.25, 0.3) is 0 Å². The second kappa shape index (κ2) is 13.5. The lowest BCUT2D eigenvalue weighted by Gasteiger charge is -2.20. The summed E-state index contributed by atoms with van der Waals surface area (Å²) in [4.78, 5) is 82.7. The third kappa shape index (κ3) is 9.31. The van der Waals surface area contributed by atoms with Gasteiger partial charge in [-0.1, -0.05) is 0 Å². The van der Waals surface area contributed by atoms with Crippen molar-refractivity contribution in [3.05, 3.63) is 12.2 Å². The first-order valence-electron chi connectivity index (χ1n) is 9.54. The highest BCUT2D eigenvalue weighted by Gasteiger charge is 2.28. The summed E-state index contributed by atoms with van der Waals surface area (Å²) in [5, 5.41) is 7.25. The highest BCUT2D eigenvalue weighted by atomic mass is 16.2. The van der Waals surface area contributed by atoms with Gasteiger partial charge in [-0.15, -0.1) is 0 Å². The molecule has 1 rings (SSSR count). The Morgan fingerprint density at radius 1 is 0.781 bits per heavy atom. The molecule has 0 aromatic heterocycles. The van der Waals surface area contributed by atoms with Gasteiger partial charge in [0.1, 0.15) is 12.6 Å². The van der Waals surface area contributed by atoms with Gasteiger partial charge in [-0.05, 0) is 6.42 Å². The molecule has 0 aromatic carbocycles. The fourth-order valence-electron chi connectivity index (χ4n) is 2.49. The number of hydrogen-bond acceptors (Lipinski definition) is 9. The Morgan fingerprint density at radius 2 is 1.31 bits per heavy atom. The lowest BCUT2D eigenvalue weighted by atomic mass is 10.1. The van der Waals surface area contributed by atoms with Crippen LogP contribution in [-0.2, 0) is 33.6 Å². The number of nitrogens with two attached hydrogens (primary N) is 2. The topological polar surface area (TPSA) is 235 Å². The van der Waals surface area contributed by atoms with Gasteiger partial charge in [0.25, 0.3) is 11.8 Å². The molecular weight excluding hydrogens is 428 g/mol. The van der Waals surface area contributed by atoms with Gasteiger partial charge in [-0.2, -0.15) is 0 Å². The van der Waals surface area contributed by atoms with Gasteiger partial charge >= 0.3 is 0 Å². The zero-order valence-corrected chi connectivity index (χ0v) is 17.1. The second-order valence-electron chi connectivity index (χ2n) is 6.53. The monoisotopic (exact) mass is 454 g/mol. The molecule has 0 aliphatic carbocycles. The number of imide groups is 1. The molecule has 176 valence electrons. The number of hydrogen-bond donors (Lipinski definition) is 7. The van der Waals surface area contributed by atoms with Crippen LogP contribution in [0, 0.1) is 0 Å². The first-order valence-corrected chi connectivity index (χ1v) is 9.54. The summed E-state index contributed by atoms with van der Waals surface area (Å²) < 4.78 is 0. The van der Waals surface area contributed by atoms with E-state index in [1.54, 1.807) is 0 Å². The Balaban J connectivity index is 2.63. The summed E-state index contributed by atoms with van der Waals surface area (Å²) in [5.74, 6) is 5.58. The zero-order chi connectivity index (χ0) is 24.1. The van der Waals surface area contributed by atoms with Crippen LogP contribution in [0.1, 0.15) is 25.7 Å². The summed E-state index contributed by atoms with van der Waals surface area (Å²) in [6, 6.07) is -1.19. The van der Waals surface area contributed by atoms with E-state index in [1.807, 2.05) is 10.9 Å². The van der Waals surface area contributed by atoms with E-state index >= 15 is 0 Å². The summed E-state index contributed by atoms with van der Waals surface area (Å²) in [6.45, 7) is -0.669. The van der Waals surface area contributed by atoms with Crippen molar-refractivity contribution < 1.29 is 33.6 Å². The molecule has 7 amide bonds. The van der Waals surface area contributed by atoms with Crippen molar-refractivity contribution in [1.29, 1.82) is 0 Å². The Hall–Kier alpha value is -3.85. The lowest BCUT2D eigenvalue weighted by molar-refractivity contribution is -0.141. The van der Waals surface area contributed by atoms with Crippen molar-refractivity contribution in [2.45, 2.75) is 31.7 Å². The van der Waals surface area contributed by atoms with Gasteiger partial charge in [0.15, 0.2) is 0 Å². The molecule has 1 aliphatic heterocycles. The average molecular weight is 454 g/mol. The summed E-state index contributed by atoms with van der Waals surface area (Å²) in [7, 11) is 0. The first-order chi connectivity index (χ1) is 15.2. The molecular formula is C17H26N8O7. The van der Waals surface area contributed by atoms with E-state index in [1.165, 1.54) is 0 Å². The van der Waals surface area contributed by atoms with E-state index in [0.717, 1.165) is 12.2 Å². The quantitative estimate of drug-likeness (QED) is 0.0610. The van der Waals surface area contributed by atoms with E-state index in [4.69, 9.17) is 11.7 Å². The lowest BCUT2D eigenvalue weighted by Crippen LogP contribution is -2.51. The van der Waals surface area contributed by atoms with Gasteiger partial charge in [0, 0.05) is 44.5 Å². The number of carbonyl (C=O) groups excluding carboxylic acids is 7. The number of hydrazine groups is 2. The first kappa shape index (κ1) is 26.2. The summed E-state index contributed by atoms with van der Waals surface area (Å²) in [6.07, 6.45) is 1.55.